The Kier molecular flexibility index (Phi) is 2.37. The largest absolute Gasteiger partial charge is 0.300 e. The van der Waals surface area contributed by atoms with Gasteiger partial charge in [0.05, 0.1) is 5.69 Å². The second kappa shape index (κ2) is 3.53. The zero-order valence-electron chi connectivity index (χ0n) is 8.28. The van der Waals surface area contributed by atoms with Crippen molar-refractivity contribution in [2.75, 3.05) is 0 Å². The minimum atomic E-state index is 0.231. The molecule has 2 heterocycles. The first-order chi connectivity index (χ1) is 6.68. The molecule has 0 saturated heterocycles. The van der Waals surface area contributed by atoms with Crippen molar-refractivity contribution < 1.29 is 4.79 Å². The van der Waals surface area contributed by atoms with Gasteiger partial charge in [-0.05, 0) is 20.3 Å². The Morgan fingerprint density at radius 3 is 3.14 bits per heavy atom. The van der Waals surface area contributed by atoms with Gasteiger partial charge < -0.3 is 4.79 Å². The maximum Gasteiger partial charge on any atom is 0.194 e. The molecule has 0 amide bonds. The van der Waals surface area contributed by atoms with Gasteiger partial charge in [-0.15, -0.1) is 11.3 Å². The maximum atomic E-state index is 10.9. The van der Waals surface area contributed by atoms with E-state index in [0.29, 0.717) is 6.42 Å². The number of nitrogens with zero attached hydrogens (tertiary/aromatic N) is 2. The predicted molar refractivity (Wildman–Crippen MR) is 56.8 cm³/mol. The van der Waals surface area contributed by atoms with Crippen LogP contribution >= 0.6 is 11.3 Å². The Labute approximate surface area is 86.4 Å². The number of carbonyl (C=O) groups is 1. The number of carbonyl (C=O) groups excluding carboxylic acids is 1. The van der Waals surface area contributed by atoms with Gasteiger partial charge in [0.2, 0.25) is 0 Å². The summed E-state index contributed by atoms with van der Waals surface area (Å²) in [4.78, 5) is 16.3. The van der Waals surface area contributed by atoms with Gasteiger partial charge in [0, 0.05) is 23.7 Å². The van der Waals surface area contributed by atoms with E-state index in [-0.39, 0.29) is 5.78 Å². The molecule has 0 unspecified atom stereocenters. The first-order valence-electron chi connectivity index (χ1n) is 4.59. The van der Waals surface area contributed by atoms with Gasteiger partial charge in [0.25, 0.3) is 0 Å². The summed E-state index contributed by atoms with van der Waals surface area (Å²) in [5.74, 6) is 0.231. The van der Waals surface area contributed by atoms with Crippen molar-refractivity contribution in [3.05, 3.63) is 23.0 Å². The van der Waals surface area contributed by atoms with Crippen LogP contribution in [-0.4, -0.2) is 15.2 Å². The summed E-state index contributed by atoms with van der Waals surface area (Å²) in [5.41, 5.74) is 2.20. The van der Waals surface area contributed by atoms with Crippen LogP contribution in [0.25, 0.3) is 4.96 Å². The highest BCUT2D eigenvalue weighted by atomic mass is 32.1. The number of fused-ring (bicyclic) bond motifs is 1. The number of hydrogen-bond acceptors (Lipinski definition) is 3. The molecule has 0 aliphatic rings. The molecular weight excluding hydrogens is 196 g/mol. The second-order valence-corrected chi connectivity index (χ2v) is 4.27. The van der Waals surface area contributed by atoms with Gasteiger partial charge in [-0.3, -0.25) is 4.40 Å². The van der Waals surface area contributed by atoms with E-state index in [1.165, 1.54) is 0 Å². The number of rotatable bonds is 3. The Hall–Kier alpha value is -1.16. The van der Waals surface area contributed by atoms with Crippen LogP contribution in [0.4, 0.5) is 0 Å². The summed E-state index contributed by atoms with van der Waals surface area (Å²) < 4.78 is 2.07. The molecule has 0 aromatic carbocycles. The molecule has 0 N–H and O–H groups in total. The summed E-state index contributed by atoms with van der Waals surface area (Å²) in [7, 11) is 0. The molecule has 0 aliphatic carbocycles. The molecule has 4 heteroatoms. The van der Waals surface area contributed by atoms with Gasteiger partial charge in [-0.1, -0.05) is 0 Å². The molecule has 2 aromatic rings. The number of Topliss-reactive ketones (excluding diaryl/α,β-unsaturated/α-hetero) is 1. The van der Waals surface area contributed by atoms with E-state index in [1.54, 1.807) is 18.3 Å². The molecule has 0 fully saturated rings. The van der Waals surface area contributed by atoms with Gasteiger partial charge >= 0.3 is 0 Å². The minimum absolute atomic E-state index is 0.231. The fraction of sp³-hybridized carbons (Fsp3) is 0.400. The number of hydrogen-bond donors (Lipinski definition) is 0. The zero-order valence-corrected chi connectivity index (χ0v) is 9.10. The number of aromatic nitrogens is 2. The molecule has 0 radical (unpaired) electrons. The number of thiazole rings is 1. The van der Waals surface area contributed by atoms with Crippen molar-refractivity contribution in [3.8, 4) is 0 Å². The monoisotopic (exact) mass is 208 g/mol. The van der Waals surface area contributed by atoms with Crippen LogP contribution in [0.3, 0.4) is 0 Å². The molecule has 2 rings (SSSR count). The molecule has 14 heavy (non-hydrogen) atoms. The second-order valence-electron chi connectivity index (χ2n) is 3.40. The zero-order chi connectivity index (χ0) is 10.1. The number of imidazole rings is 1. The van der Waals surface area contributed by atoms with Crippen molar-refractivity contribution in [1.82, 2.24) is 9.38 Å². The first kappa shape index (κ1) is 9.40. The topological polar surface area (TPSA) is 34.4 Å². The highest BCUT2D eigenvalue weighted by molar-refractivity contribution is 7.15. The smallest absolute Gasteiger partial charge is 0.194 e. The molecule has 0 atom stereocenters. The fourth-order valence-electron chi connectivity index (χ4n) is 1.54. The molecule has 0 saturated carbocycles. The lowest BCUT2D eigenvalue weighted by Crippen LogP contribution is -1.98. The van der Waals surface area contributed by atoms with E-state index >= 15 is 0 Å². The molecule has 0 aliphatic heterocycles. The standard InChI is InChI=1S/C10H12N2OS/c1-7(13)3-4-9-8(2)11-10-12(9)5-6-14-10/h5-6H,3-4H2,1-2H3. The lowest BCUT2D eigenvalue weighted by atomic mass is 10.1. The Bertz CT molecular complexity index is 469. The van der Waals surface area contributed by atoms with E-state index < -0.39 is 0 Å². The van der Waals surface area contributed by atoms with E-state index in [4.69, 9.17) is 0 Å². The Morgan fingerprint density at radius 2 is 2.43 bits per heavy atom. The van der Waals surface area contributed by atoms with Gasteiger partial charge in [-0.25, -0.2) is 4.98 Å². The summed E-state index contributed by atoms with van der Waals surface area (Å²) in [6.45, 7) is 3.62. The average Bonchev–Trinajstić information content (AvgIpc) is 2.61. The summed E-state index contributed by atoms with van der Waals surface area (Å²) in [5, 5.41) is 2.01. The Balaban J connectivity index is 2.34. The molecule has 3 nitrogen and oxygen atoms in total. The van der Waals surface area contributed by atoms with E-state index in [0.717, 1.165) is 22.8 Å². The van der Waals surface area contributed by atoms with Crippen LogP contribution in [0.5, 0.6) is 0 Å². The van der Waals surface area contributed by atoms with Crippen LogP contribution in [0.15, 0.2) is 11.6 Å². The van der Waals surface area contributed by atoms with Gasteiger partial charge in [-0.2, -0.15) is 0 Å². The number of aryl methyl sites for hydroxylation is 2. The normalized spacial score (nSPS) is 11.0. The third kappa shape index (κ3) is 1.57. The van der Waals surface area contributed by atoms with Crippen molar-refractivity contribution in [1.29, 1.82) is 0 Å². The minimum Gasteiger partial charge on any atom is -0.300 e. The third-order valence-electron chi connectivity index (χ3n) is 2.28. The highest BCUT2D eigenvalue weighted by Crippen LogP contribution is 2.17. The van der Waals surface area contributed by atoms with Crippen molar-refractivity contribution in [2.24, 2.45) is 0 Å². The van der Waals surface area contributed by atoms with Crippen LogP contribution in [0.2, 0.25) is 0 Å². The summed E-state index contributed by atoms with van der Waals surface area (Å²) in [6.07, 6.45) is 3.40. The van der Waals surface area contributed by atoms with Crippen LogP contribution in [0, 0.1) is 6.92 Å². The van der Waals surface area contributed by atoms with Crippen LogP contribution in [0.1, 0.15) is 24.7 Å². The van der Waals surface area contributed by atoms with Crippen molar-refractivity contribution in [2.45, 2.75) is 26.7 Å². The first-order valence-corrected chi connectivity index (χ1v) is 5.47. The highest BCUT2D eigenvalue weighted by Gasteiger charge is 2.09. The molecule has 0 bridgehead atoms. The van der Waals surface area contributed by atoms with Crippen molar-refractivity contribution >= 4 is 22.1 Å². The fourth-order valence-corrected chi connectivity index (χ4v) is 2.31. The van der Waals surface area contributed by atoms with E-state index in [9.17, 15) is 4.79 Å². The molecule has 2 aromatic heterocycles. The Morgan fingerprint density at radius 1 is 1.64 bits per heavy atom. The SMILES string of the molecule is CC(=O)CCc1c(C)nc2sccn12. The third-order valence-corrected chi connectivity index (χ3v) is 3.03. The van der Waals surface area contributed by atoms with Crippen molar-refractivity contribution in [3.63, 3.8) is 0 Å². The lowest BCUT2D eigenvalue weighted by Gasteiger charge is -1.98. The summed E-state index contributed by atoms with van der Waals surface area (Å²) in [6, 6.07) is 0. The van der Waals surface area contributed by atoms with E-state index in [2.05, 4.69) is 9.38 Å². The van der Waals surface area contributed by atoms with Crippen LogP contribution < -0.4 is 0 Å². The maximum absolute atomic E-state index is 10.9. The average molecular weight is 208 g/mol. The van der Waals surface area contributed by atoms with Crippen LogP contribution in [-0.2, 0) is 11.2 Å². The van der Waals surface area contributed by atoms with E-state index in [1.807, 2.05) is 18.5 Å². The molecule has 0 spiro atoms. The lowest BCUT2D eigenvalue weighted by molar-refractivity contribution is -0.116. The molecule has 74 valence electrons. The quantitative estimate of drug-likeness (QED) is 0.775. The predicted octanol–water partition coefficient (Wildman–Crippen LogP) is 2.23. The molecular formula is C10H12N2OS. The number of ketones is 1. The van der Waals surface area contributed by atoms with Gasteiger partial charge in [0.1, 0.15) is 5.78 Å². The summed E-state index contributed by atoms with van der Waals surface area (Å²) >= 11 is 1.62. The van der Waals surface area contributed by atoms with Gasteiger partial charge in [0.15, 0.2) is 4.96 Å².